The average molecular weight is 535 g/mol. The van der Waals surface area contributed by atoms with Gasteiger partial charge >= 0.3 is 0 Å². The molecule has 3 aromatic carbocycles. The normalized spacial score (nSPS) is 16.2. The number of hydrogen-bond donors (Lipinski definition) is 1. The number of carbonyl (C=O) groups is 1. The Morgan fingerprint density at radius 2 is 1.27 bits per heavy atom. The number of nitrogens with one attached hydrogen (secondary N) is 1. The smallest absolute Gasteiger partial charge is 0.271 e. The molecule has 0 bridgehead atoms. The van der Waals surface area contributed by atoms with E-state index in [0.29, 0.717) is 12.2 Å². The van der Waals surface area contributed by atoms with Gasteiger partial charge in [-0.05, 0) is 61.7 Å². The Morgan fingerprint density at radius 1 is 0.675 bits per heavy atom. The van der Waals surface area contributed by atoms with Crippen LogP contribution < -0.4 is 15.1 Å². The highest BCUT2D eigenvalue weighted by molar-refractivity contribution is 5.93. The molecule has 6 rings (SSSR count). The van der Waals surface area contributed by atoms with E-state index in [9.17, 15) is 4.79 Å². The van der Waals surface area contributed by atoms with Gasteiger partial charge in [0.2, 0.25) is 0 Å². The predicted molar refractivity (Wildman–Crippen MR) is 162 cm³/mol. The molecule has 1 N–H and O–H groups in total. The third-order valence-electron chi connectivity index (χ3n) is 8.03. The standard InChI is InChI=1S/C33H38N6O/c40-33(34-18-21-36-22-24-38(25-23-36)28-10-4-1-5-11-28)31-26-32(39(35-31)30-12-6-2-7-13-30)27-14-16-29(17-15-27)37-19-8-3-9-20-37/h1-2,4-7,10-17,26H,3,8-9,18-25H2,(H,34,40). The summed E-state index contributed by atoms with van der Waals surface area (Å²) in [6, 6.07) is 31.2. The number of piperidine rings is 1. The summed E-state index contributed by atoms with van der Waals surface area (Å²) in [5.41, 5.74) is 5.88. The number of amides is 1. The van der Waals surface area contributed by atoms with Crippen LogP contribution >= 0.6 is 0 Å². The molecule has 0 spiro atoms. The number of piperazine rings is 1. The molecular formula is C33H38N6O. The fourth-order valence-electron chi connectivity index (χ4n) is 5.75. The minimum absolute atomic E-state index is 0.135. The molecule has 0 aliphatic carbocycles. The van der Waals surface area contributed by atoms with Gasteiger partial charge in [-0.15, -0.1) is 0 Å². The van der Waals surface area contributed by atoms with E-state index in [1.54, 1.807) is 0 Å². The van der Waals surface area contributed by atoms with Crippen molar-refractivity contribution in [2.45, 2.75) is 19.3 Å². The lowest BCUT2D eigenvalue weighted by atomic mass is 10.1. The van der Waals surface area contributed by atoms with Crippen molar-refractivity contribution < 1.29 is 4.79 Å². The number of nitrogens with zero attached hydrogens (tertiary/aromatic N) is 5. The van der Waals surface area contributed by atoms with Crippen molar-refractivity contribution in [2.24, 2.45) is 0 Å². The molecule has 2 saturated heterocycles. The molecule has 1 aromatic heterocycles. The zero-order valence-electron chi connectivity index (χ0n) is 23.1. The van der Waals surface area contributed by atoms with Crippen LogP contribution in [0.1, 0.15) is 29.8 Å². The van der Waals surface area contributed by atoms with E-state index in [-0.39, 0.29) is 5.91 Å². The highest BCUT2D eigenvalue weighted by Crippen LogP contribution is 2.28. The van der Waals surface area contributed by atoms with Gasteiger partial charge in [-0.3, -0.25) is 9.69 Å². The maximum Gasteiger partial charge on any atom is 0.271 e. The van der Waals surface area contributed by atoms with Crippen LogP contribution in [0.4, 0.5) is 11.4 Å². The molecule has 2 fully saturated rings. The molecule has 3 heterocycles. The van der Waals surface area contributed by atoms with Crippen molar-refractivity contribution in [1.82, 2.24) is 20.0 Å². The second-order valence-electron chi connectivity index (χ2n) is 10.7. The molecule has 1 amide bonds. The third kappa shape index (κ3) is 6.05. The van der Waals surface area contributed by atoms with Gasteiger partial charge in [-0.2, -0.15) is 5.10 Å². The van der Waals surface area contributed by atoms with Gasteiger partial charge < -0.3 is 15.1 Å². The zero-order valence-corrected chi connectivity index (χ0v) is 23.1. The summed E-state index contributed by atoms with van der Waals surface area (Å²) in [7, 11) is 0. The van der Waals surface area contributed by atoms with Crippen LogP contribution in [0.5, 0.6) is 0 Å². The molecule has 7 nitrogen and oxygen atoms in total. The van der Waals surface area contributed by atoms with Crippen LogP contribution in [-0.4, -0.2) is 72.9 Å². The summed E-state index contributed by atoms with van der Waals surface area (Å²) in [5.74, 6) is -0.135. The number of carbonyl (C=O) groups excluding carboxylic acids is 1. The molecule has 0 atom stereocenters. The predicted octanol–water partition coefficient (Wildman–Crippen LogP) is 5.08. The van der Waals surface area contributed by atoms with Gasteiger partial charge in [0.15, 0.2) is 5.69 Å². The quantitative estimate of drug-likeness (QED) is 0.342. The minimum atomic E-state index is -0.135. The molecule has 4 aromatic rings. The van der Waals surface area contributed by atoms with Crippen LogP contribution in [0.25, 0.3) is 16.9 Å². The van der Waals surface area contributed by atoms with Crippen molar-refractivity contribution >= 4 is 17.3 Å². The lowest BCUT2D eigenvalue weighted by molar-refractivity contribution is 0.0942. The maximum absolute atomic E-state index is 13.2. The molecule has 0 saturated carbocycles. The van der Waals surface area contributed by atoms with Gasteiger partial charge in [0, 0.05) is 69.3 Å². The number of benzene rings is 3. The third-order valence-corrected chi connectivity index (χ3v) is 8.03. The Morgan fingerprint density at radius 3 is 1.95 bits per heavy atom. The summed E-state index contributed by atoms with van der Waals surface area (Å²) in [6.45, 7) is 7.65. The van der Waals surface area contributed by atoms with E-state index in [1.807, 2.05) is 41.1 Å². The van der Waals surface area contributed by atoms with Crippen LogP contribution in [0.3, 0.4) is 0 Å². The van der Waals surface area contributed by atoms with E-state index in [0.717, 1.165) is 62.8 Å². The number of para-hydroxylation sites is 2. The molecule has 7 heteroatoms. The van der Waals surface area contributed by atoms with Crippen LogP contribution in [0, 0.1) is 0 Å². The maximum atomic E-state index is 13.2. The highest BCUT2D eigenvalue weighted by Gasteiger charge is 2.20. The van der Waals surface area contributed by atoms with Crippen molar-refractivity contribution in [3.05, 3.63) is 96.7 Å². The van der Waals surface area contributed by atoms with Gasteiger partial charge in [0.05, 0.1) is 11.4 Å². The van der Waals surface area contributed by atoms with Crippen LogP contribution in [-0.2, 0) is 0 Å². The molecule has 40 heavy (non-hydrogen) atoms. The Kier molecular flexibility index (Phi) is 8.10. The van der Waals surface area contributed by atoms with Crippen molar-refractivity contribution in [3.8, 4) is 16.9 Å². The number of aromatic nitrogens is 2. The minimum Gasteiger partial charge on any atom is -0.372 e. The summed E-state index contributed by atoms with van der Waals surface area (Å²) in [5, 5.41) is 7.86. The monoisotopic (exact) mass is 534 g/mol. The van der Waals surface area contributed by atoms with Gasteiger partial charge in [0.25, 0.3) is 5.91 Å². The fourth-order valence-corrected chi connectivity index (χ4v) is 5.75. The Labute approximate surface area is 237 Å². The average Bonchev–Trinajstić information content (AvgIpc) is 3.49. The summed E-state index contributed by atoms with van der Waals surface area (Å²) in [4.78, 5) is 20.5. The lowest BCUT2D eigenvalue weighted by Gasteiger charge is -2.36. The van der Waals surface area contributed by atoms with Crippen molar-refractivity contribution in [2.75, 3.05) is 62.2 Å². The topological polar surface area (TPSA) is 56.6 Å². The lowest BCUT2D eigenvalue weighted by Crippen LogP contribution is -2.48. The van der Waals surface area contributed by atoms with Crippen molar-refractivity contribution in [3.63, 3.8) is 0 Å². The molecule has 0 unspecified atom stereocenters. The van der Waals surface area contributed by atoms with Gasteiger partial charge in [-0.25, -0.2) is 4.68 Å². The number of hydrogen-bond acceptors (Lipinski definition) is 5. The SMILES string of the molecule is O=C(NCCN1CCN(c2ccccc2)CC1)c1cc(-c2ccc(N3CCCCC3)cc2)n(-c2ccccc2)n1. The van der Waals surface area contributed by atoms with E-state index in [2.05, 4.69) is 74.6 Å². The fraction of sp³-hybridized carbons (Fsp3) is 0.333. The Bertz CT molecular complexity index is 1370. The van der Waals surface area contributed by atoms with E-state index >= 15 is 0 Å². The first-order chi connectivity index (χ1) is 19.7. The Balaban J connectivity index is 1.11. The van der Waals surface area contributed by atoms with Gasteiger partial charge in [0.1, 0.15) is 0 Å². The molecule has 206 valence electrons. The van der Waals surface area contributed by atoms with E-state index < -0.39 is 0 Å². The Hall–Kier alpha value is -4.10. The molecule has 2 aliphatic rings. The summed E-state index contributed by atoms with van der Waals surface area (Å²) >= 11 is 0. The second kappa shape index (κ2) is 12.4. The number of anilines is 2. The first-order valence-electron chi connectivity index (χ1n) is 14.6. The summed E-state index contributed by atoms with van der Waals surface area (Å²) < 4.78 is 1.88. The largest absolute Gasteiger partial charge is 0.372 e. The van der Waals surface area contributed by atoms with Crippen molar-refractivity contribution in [1.29, 1.82) is 0 Å². The first-order valence-corrected chi connectivity index (χ1v) is 14.6. The summed E-state index contributed by atoms with van der Waals surface area (Å²) in [6.07, 6.45) is 3.83. The second-order valence-corrected chi connectivity index (χ2v) is 10.7. The van der Waals surface area contributed by atoms with E-state index in [4.69, 9.17) is 5.10 Å². The van der Waals surface area contributed by atoms with Gasteiger partial charge in [-0.1, -0.05) is 48.5 Å². The van der Waals surface area contributed by atoms with E-state index in [1.165, 1.54) is 30.6 Å². The molecule has 0 radical (unpaired) electrons. The molecule has 2 aliphatic heterocycles. The number of rotatable bonds is 8. The first kappa shape index (κ1) is 26.1. The van der Waals surface area contributed by atoms with Crippen LogP contribution in [0.2, 0.25) is 0 Å². The molecular weight excluding hydrogens is 496 g/mol. The zero-order chi connectivity index (χ0) is 27.1. The van der Waals surface area contributed by atoms with Crippen LogP contribution in [0.15, 0.2) is 91.0 Å². The highest BCUT2D eigenvalue weighted by atomic mass is 16.1.